The summed E-state index contributed by atoms with van der Waals surface area (Å²) in [6, 6.07) is 26.7. The molecule has 3 aliphatic rings. The second kappa shape index (κ2) is 8.77. The van der Waals surface area contributed by atoms with Crippen LogP contribution in [0.5, 0.6) is 0 Å². The molecular weight excluding hydrogens is 490 g/mol. The normalized spacial score (nSPS) is 21.6. The van der Waals surface area contributed by atoms with Crippen LogP contribution in [0.4, 0.5) is 10.5 Å². The first-order valence-corrected chi connectivity index (χ1v) is 12.9. The van der Waals surface area contributed by atoms with Gasteiger partial charge in [-0.2, -0.15) is 5.26 Å². The summed E-state index contributed by atoms with van der Waals surface area (Å²) in [5.74, 6) is -0.934. The van der Waals surface area contributed by atoms with E-state index < -0.39 is 24.0 Å². The van der Waals surface area contributed by atoms with Gasteiger partial charge in [0.1, 0.15) is 17.8 Å². The molecule has 190 valence electrons. The fraction of sp³-hybridized carbons (Fsp3) is 0.194. The summed E-state index contributed by atoms with van der Waals surface area (Å²) in [7, 11) is 0. The second-order valence-corrected chi connectivity index (χ2v) is 10.2. The molecule has 0 saturated carbocycles. The van der Waals surface area contributed by atoms with Crippen molar-refractivity contribution >= 4 is 34.3 Å². The predicted octanol–water partition coefficient (Wildman–Crippen LogP) is 4.06. The Kier molecular flexibility index (Phi) is 5.20. The van der Waals surface area contributed by atoms with Crippen molar-refractivity contribution in [3.05, 3.63) is 108 Å². The van der Waals surface area contributed by atoms with Crippen molar-refractivity contribution in [1.82, 2.24) is 14.8 Å². The van der Waals surface area contributed by atoms with Gasteiger partial charge in [0.25, 0.3) is 5.91 Å². The molecule has 1 aromatic heterocycles. The number of carbonyl (C=O) groups is 3. The number of likely N-dealkylation sites (tertiary alicyclic amines) is 1. The summed E-state index contributed by atoms with van der Waals surface area (Å²) in [5.41, 5.74) is 2.37. The van der Waals surface area contributed by atoms with E-state index in [0.29, 0.717) is 29.4 Å². The van der Waals surface area contributed by atoms with Gasteiger partial charge in [-0.25, -0.2) is 14.7 Å². The first-order valence-electron chi connectivity index (χ1n) is 12.9. The first-order chi connectivity index (χ1) is 19.1. The van der Waals surface area contributed by atoms with Gasteiger partial charge in [-0.3, -0.25) is 9.59 Å². The van der Waals surface area contributed by atoms with Crippen LogP contribution in [0, 0.1) is 11.3 Å². The van der Waals surface area contributed by atoms with Gasteiger partial charge in [0.05, 0.1) is 29.9 Å². The lowest BCUT2D eigenvalue weighted by Gasteiger charge is -2.37. The molecule has 3 aliphatic heterocycles. The van der Waals surface area contributed by atoms with E-state index in [1.165, 1.54) is 11.1 Å². The van der Waals surface area contributed by atoms with Crippen LogP contribution in [-0.4, -0.2) is 57.3 Å². The Morgan fingerprint density at radius 1 is 0.897 bits per heavy atom. The average molecular weight is 514 g/mol. The van der Waals surface area contributed by atoms with Crippen LogP contribution in [-0.2, 0) is 9.59 Å². The number of hydrogen-bond donors (Lipinski definition) is 0. The molecule has 0 radical (unpaired) electrons. The number of pyridine rings is 1. The Hall–Kier alpha value is -5.03. The number of nitriles is 1. The second-order valence-electron chi connectivity index (χ2n) is 10.2. The fourth-order valence-electron chi connectivity index (χ4n) is 6.51. The zero-order valence-electron chi connectivity index (χ0n) is 20.8. The van der Waals surface area contributed by atoms with Crippen molar-refractivity contribution in [3.8, 4) is 6.07 Å². The summed E-state index contributed by atoms with van der Waals surface area (Å²) in [4.78, 5) is 50.6. The maximum absolute atomic E-state index is 14.2. The number of amides is 4. The van der Waals surface area contributed by atoms with Crippen LogP contribution in [0.25, 0.3) is 10.8 Å². The number of imide groups is 1. The number of urea groups is 1. The number of anilines is 1. The van der Waals surface area contributed by atoms with Crippen molar-refractivity contribution < 1.29 is 14.4 Å². The molecule has 3 fully saturated rings. The lowest BCUT2D eigenvalue weighted by atomic mass is 9.89. The van der Waals surface area contributed by atoms with Crippen LogP contribution >= 0.6 is 0 Å². The molecule has 3 saturated heterocycles. The zero-order chi connectivity index (χ0) is 26.7. The number of nitrogens with zero attached hydrogens (tertiary/aromatic N) is 5. The van der Waals surface area contributed by atoms with E-state index in [1.807, 2.05) is 60.7 Å². The molecule has 2 bridgehead atoms. The standard InChI is InChI=1S/C31H23N5O3/c32-16-24-22-13-7-8-14-23(22)26(17-33-24)36-30(38)28-25-15-21(35(28)31(36)39)18-34(25)29(37)27(19-9-3-1-4-10-19)20-11-5-2-6-12-20/h1-14,17,21,25,27-28H,15,18H2/t21-,25?,28+/m1/s1. The topological polar surface area (TPSA) is 97.6 Å². The molecular formula is C31H23N5O3. The average Bonchev–Trinajstić information content (AvgIpc) is 3.65. The summed E-state index contributed by atoms with van der Waals surface area (Å²) in [5, 5.41) is 10.7. The SMILES string of the molecule is N#Cc1ncc(N2C(=O)[C@@H]3C4C[C@H](CN4C(=O)C(c4ccccc4)c4ccccc4)N3C2=O)c2ccccc12. The lowest BCUT2D eigenvalue weighted by Crippen LogP contribution is -2.55. The van der Waals surface area contributed by atoms with Crippen LogP contribution in [0.3, 0.4) is 0 Å². The molecule has 3 aromatic carbocycles. The number of piperazine rings is 1. The van der Waals surface area contributed by atoms with Gasteiger partial charge in [-0.05, 0) is 17.5 Å². The summed E-state index contributed by atoms with van der Waals surface area (Å²) < 4.78 is 0. The molecule has 0 aliphatic carbocycles. The third kappa shape index (κ3) is 3.36. The van der Waals surface area contributed by atoms with Crippen LogP contribution in [0.1, 0.15) is 29.2 Å². The number of carbonyl (C=O) groups excluding carboxylic acids is 3. The van der Waals surface area contributed by atoms with Crippen molar-refractivity contribution in [2.24, 2.45) is 0 Å². The van der Waals surface area contributed by atoms with Crippen molar-refractivity contribution in [2.75, 3.05) is 11.4 Å². The molecule has 4 heterocycles. The molecule has 8 heteroatoms. The highest BCUT2D eigenvalue weighted by atomic mass is 16.2. The number of hydrogen-bond acceptors (Lipinski definition) is 5. The summed E-state index contributed by atoms with van der Waals surface area (Å²) >= 11 is 0. The molecule has 8 nitrogen and oxygen atoms in total. The highest BCUT2D eigenvalue weighted by Gasteiger charge is 2.63. The number of aromatic nitrogens is 1. The molecule has 39 heavy (non-hydrogen) atoms. The minimum absolute atomic E-state index is 0.0660. The van der Waals surface area contributed by atoms with E-state index in [4.69, 9.17) is 0 Å². The first kappa shape index (κ1) is 23.1. The quantitative estimate of drug-likeness (QED) is 0.384. The van der Waals surface area contributed by atoms with Gasteiger partial charge in [-0.15, -0.1) is 0 Å². The fourth-order valence-corrected chi connectivity index (χ4v) is 6.51. The predicted molar refractivity (Wildman–Crippen MR) is 144 cm³/mol. The smallest absolute Gasteiger partial charge is 0.332 e. The maximum atomic E-state index is 14.2. The monoisotopic (exact) mass is 513 g/mol. The lowest BCUT2D eigenvalue weighted by molar-refractivity contribution is -0.136. The summed E-state index contributed by atoms with van der Waals surface area (Å²) in [6.07, 6.45) is 1.99. The Morgan fingerprint density at radius 3 is 2.15 bits per heavy atom. The van der Waals surface area contributed by atoms with Gasteiger partial charge in [0.15, 0.2) is 0 Å². The minimum Gasteiger partial charge on any atom is -0.334 e. The molecule has 0 N–H and O–H groups in total. The Bertz CT molecular complexity index is 1640. The van der Waals surface area contributed by atoms with E-state index >= 15 is 0 Å². The highest BCUT2D eigenvalue weighted by molar-refractivity contribution is 6.25. The summed E-state index contributed by atoms with van der Waals surface area (Å²) in [6.45, 7) is 0.384. The number of fused-ring (bicyclic) bond motifs is 6. The van der Waals surface area contributed by atoms with E-state index in [-0.39, 0.29) is 23.6 Å². The highest BCUT2D eigenvalue weighted by Crippen LogP contribution is 2.45. The van der Waals surface area contributed by atoms with Crippen LogP contribution in [0.2, 0.25) is 0 Å². The molecule has 4 aromatic rings. The largest absolute Gasteiger partial charge is 0.334 e. The number of benzene rings is 3. The Balaban J connectivity index is 1.24. The molecule has 7 rings (SSSR count). The minimum atomic E-state index is -0.748. The van der Waals surface area contributed by atoms with Crippen LogP contribution in [0.15, 0.2) is 91.1 Å². The van der Waals surface area contributed by atoms with Crippen molar-refractivity contribution in [3.63, 3.8) is 0 Å². The maximum Gasteiger partial charge on any atom is 0.332 e. The zero-order valence-corrected chi connectivity index (χ0v) is 20.8. The Morgan fingerprint density at radius 2 is 1.51 bits per heavy atom. The molecule has 3 atom stereocenters. The molecule has 0 spiro atoms. The molecule has 4 amide bonds. The Labute approximate surface area is 224 Å². The van der Waals surface area contributed by atoms with E-state index in [2.05, 4.69) is 11.1 Å². The van der Waals surface area contributed by atoms with E-state index in [1.54, 1.807) is 34.1 Å². The number of rotatable bonds is 4. The third-order valence-electron chi connectivity index (χ3n) is 8.18. The van der Waals surface area contributed by atoms with E-state index in [9.17, 15) is 19.6 Å². The van der Waals surface area contributed by atoms with Gasteiger partial charge < -0.3 is 9.80 Å². The van der Waals surface area contributed by atoms with Crippen molar-refractivity contribution in [1.29, 1.82) is 5.26 Å². The molecule has 1 unspecified atom stereocenters. The van der Waals surface area contributed by atoms with Gasteiger partial charge >= 0.3 is 6.03 Å². The van der Waals surface area contributed by atoms with Crippen LogP contribution < -0.4 is 4.90 Å². The van der Waals surface area contributed by atoms with Crippen molar-refractivity contribution in [2.45, 2.75) is 30.5 Å². The van der Waals surface area contributed by atoms with Gasteiger partial charge in [0, 0.05) is 17.3 Å². The van der Waals surface area contributed by atoms with E-state index in [0.717, 1.165) is 11.1 Å². The third-order valence-corrected chi connectivity index (χ3v) is 8.18. The van der Waals surface area contributed by atoms with Gasteiger partial charge in [0.2, 0.25) is 5.91 Å². The van der Waals surface area contributed by atoms with Gasteiger partial charge in [-0.1, -0.05) is 84.9 Å².